The minimum Gasteiger partial charge on any atom is -0.495 e. The Balaban J connectivity index is 1.59. The summed E-state index contributed by atoms with van der Waals surface area (Å²) in [6.07, 6.45) is 0. The van der Waals surface area contributed by atoms with Gasteiger partial charge in [-0.25, -0.2) is 17.9 Å². The molecule has 0 unspecified atom stereocenters. The van der Waals surface area contributed by atoms with Gasteiger partial charge in [0.2, 0.25) is 10.0 Å². The third-order valence-electron chi connectivity index (χ3n) is 4.53. The van der Waals surface area contributed by atoms with Gasteiger partial charge in [0.05, 0.1) is 12.7 Å². The van der Waals surface area contributed by atoms with Gasteiger partial charge in [-0.3, -0.25) is 4.79 Å². The van der Waals surface area contributed by atoms with E-state index in [1.165, 1.54) is 19.2 Å². The lowest BCUT2D eigenvalue weighted by Gasteiger charge is -2.14. The number of ether oxygens (including phenoxy) is 3. The van der Waals surface area contributed by atoms with Crippen LogP contribution in [0.3, 0.4) is 0 Å². The Morgan fingerprint density at radius 3 is 2.20 bits per heavy atom. The summed E-state index contributed by atoms with van der Waals surface area (Å²) in [5.41, 5.74) is 0.453. The van der Waals surface area contributed by atoms with E-state index in [0.29, 0.717) is 17.2 Å². The van der Waals surface area contributed by atoms with E-state index >= 15 is 0 Å². The second-order valence-corrected chi connectivity index (χ2v) is 9.39. The lowest BCUT2D eigenvalue weighted by Crippen LogP contribution is -2.30. The lowest BCUT2D eigenvalue weighted by atomic mass is 10.2. The molecule has 0 aliphatic rings. The first kappa shape index (κ1) is 25.7. The molecule has 0 saturated carbocycles. The highest BCUT2D eigenvalue weighted by Gasteiger charge is 2.23. The number of para-hydroxylation sites is 1. The highest BCUT2D eigenvalue weighted by Crippen LogP contribution is 2.26. The van der Waals surface area contributed by atoms with Crippen molar-refractivity contribution in [3.8, 4) is 17.2 Å². The van der Waals surface area contributed by atoms with Crippen LogP contribution in [0.4, 0.5) is 5.69 Å². The van der Waals surface area contributed by atoms with Gasteiger partial charge in [0.25, 0.3) is 5.91 Å². The van der Waals surface area contributed by atoms with E-state index in [4.69, 9.17) is 14.2 Å². The molecular weight excluding hydrogens is 472 g/mol. The third-order valence-corrected chi connectivity index (χ3v) is 6.21. The maximum Gasteiger partial charge on any atom is 0.338 e. The molecule has 0 aliphatic carbocycles. The number of methoxy groups -OCH3 is 1. The Morgan fingerprint density at radius 1 is 0.914 bits per heavy atom. The van der Waals surface area contributed by atoms with Gasteiger partial charge in [-0.05, 0) is 68.4 Å². The fourth-order valence-corrected chi connectivity index (χ4v) is 4.48. The van der Waals surface area contributed by atoms with Gasteiger partial charge in [-0.1, -0.05) is 18.2 Å². The van der Waals surface area contributed by atoms with Crippen LogP contribution in [0.15, 0.2) is 77.7 Å². The molecule has 2 N–H and O–H groups in total. The van der Waals surface area contributed by atoms with Crippen molar-refractivity contribution in [1.82, 2.24) is 4.72 Å². The molecule has 10 heteroatoms. The summed E-state index contributed by atoms with van der Waals surface area (Å²) in [6.45, 7) is 2.79. The largest absolute Gasteiger partial charge is 0.495 e. The Bertz CT molecular complexity index is 1270. The number of carbonyl (C=O) groups excluding carboxylic acids is 2. The van der Waals surface area contributed by atoms with Crippen LogP contribution < -0.4 is 19.5 Å². The predicted molar refractivity (Wildman–Crippen MR) is 130 cm³/mol. The lowest BCUT2D eigenvalue weighted by molar-refractivity contribution is -0.119. The second-order valence-electron chi connectivity index (χ2n) is 7.71. The average molecular weight is 499 g/mol. The number of amides is 1. The molecule has 0 fully saturated rings. The molecule has 0 aromatic heterocycles. The molecular formula is C25H26N2O7S. The summed E-state index contributed by atoms with van der Waals surface area (Å²) in [7, 11) is -2.60. The number of hydrogen-bond donors (Lipinski definition) is 2. The van der Waals surface area contributed by atoms with Crippen molar-refractivity contribution >= 4 is 27.6 Å². The summed E-state index contributed by atoms with van der Waals surface area (Å²) < 4.78 is 43.5. The van der Waals surface area contributed by atoms with Crippen LogP contribution in [0.1, 0.15) is 24.2 Å². The fourth-order valence-electron chi connectivity index (χ4n) is 3.03. The molecule has 35 heavy (non-hydrogen) atoms. The number of esters is 1. The average Bonchev–Trinajstić information content (AvgIpc) is 2.83. The molecule has 0 saturated heterocycles. The zero-order chi connectivity index (χ0) is 25.4. The summed E-state index contributed by atoms with van der Waals surface area (Å²) in [5.74, 6) is -0.0519. The third kappa shape index (κ3) is 7.29. The normalized spacial score (nSPS) is 11.1. The SMILES string of the molecule is COc1ccc(C(=O)OCC(=O)Nc2ccc(Oc3ccccc3)cc2)cc1S(=O)(=O)NC(C)C. The van der Waals surface area contributed by atoms with Crippen molar-refractivity contribution in [2.75, 3.05) is 19.0 Å². The molecule has 3 aromatic carbocycles. The van der Waals surface area contributed by atoms with Gasteiger partial charge in [-0.15, -0.1) is 0 Å². The van der Waals surface area contributed by atoms with Crippen molar-refractivity contribution in [1.29, 1.82) is 0 Å². The number of carbonyl (C=O) groups is 2. The number of sulfonamides is 1. The van der Waals surface area contributed by atoms with Crippen molar-refractivity contribution < 1.29 is 32.2 Å². The molecule has 0 atom stereocenters. The Hall–Kier alpha value is -3.89. The summed E-state index contributed by atoms with van der Waals surface area (Å²) >= 11 is 0. The topological polar surface area (TPSA) is 120 Å². The predicted octanol–water partition coefficient (Wildman–Crippen LogP) is 3.97. The summed E-state index contributed by atoms with van der Waals surface area (Å²) in [6, 6.07) is 19.5. The van der Waals surface area contributed by atoms with E-state index in [1.807, 2.05) is 30.3 Å². The molecule has 0 bridgehead atoms. The van der Waals surface area contributed by atoms with Gasteiger partial charge in [0.15, 0.2) is 6.61 Å². The number of nitrogens with one attached hydrogen (secondary N) is 2. The molecule has 0 aliphatic heterocycles. The minimum absolute atomic E-state index is 0.0369. The monoisotopic (exact) mass is 498 g/mol. The molecule has 1 amide bonds. The van der Waals surface area contributed by atoms with Gasteiger partial charge in [0, 0.05) is 11.7 Å². The Morgan fingerprint density at radius 2 is 1.57 bits per heavy atom. The first-order valence-corrected chi connectivity index (χ1v) is 12.2. The van der Waals surface area contributed by atoms with Crippen LogP contribution in [-0.4, -0.2) is 40.1 Å². The van der Waals surface area contributed by atoms with Crippen molar-refractivity contribution in [3.63, 3.8) is 0 Å². The molecule has 184 valence electrons. The maximum atomic E-state index is 12.6. The summed E-state index contributed by atoms with van der Waals surface area (Å²) in [4.78, 5) is 24.5. The van der Waals surface area contributed by atoms with E-state index in [-0.39, 0.29) is 22.3 Å². The number of hydrogen-bond acceptors (Lipinski definition) is 7. The van der Waals surface area contributed by atoms with E-state index in [1.54, 1.807) is 38.1 Å². The quantitative estimate of drug-likeness (QED) is 0.406. The van der Waals surface area contributed by atoms with Crippen molar-refractivity contribution in [2.24, 2.45) is 0 Å². The van der Waals surface area contributed by atoms with E-state index in [2.05, 4.69) is 10.0 Å². The Kier molecular flexibility index (Phi) is 8.45. The molecule has 9 nitrogen and oxygen atoms in total. The van der Waals surface area contributed by atoms with Gasteiger partial charge in [-0.2, -0.15) is 0 Å². The number of rotatable bonds is 10. The standard InChI is InChI=1S/C25H26N2O7S/c1-17(2)27-35(30,31)23-15-18(9-14-22(23)32-3)25(29)33-16-24(28)26-19-10-12-21(13-11-19)34-20-7-5-4-6-8-20/h4-15,17,27H,16H2,1-3H3,(H,26,28). The van der Waals surface area contributed by atoms with Gasteiger partial charge < -0.3 is 19.5 Å². The highest BCUT2D eigenvalue weighted by atomic mass is 32.2. The number of benzene rings is 3. The van der Waals surface area contributed by atoms with Crippen molar-refractivity contribution in [3.05, 3.63) is 78.4 Å². The minimum atomic E-state index is -3.93. The van der Waals surface area contributed by atoms with Gasteiger partial charge in [0.1, 0.15) is 22.1 Å². The van der Waals surface area contributed by atoms with E-state index in [0.717, 1.165) is 6.07 Å². The van der Waals surface area contributed by atoms with Crippen LogP contribution in [0.2, 0.25) is 0 Å². The van der Waals surface area contributed by atoms with Gasteiger partial charge >= 0.3 is 5.97 Å². The zero-order valence-corrected chi connectivity index (χ0v) is 20.3. The number of anilines is 1. The highest BCUT2D eigenvalue weighted by molar-refractivity contribution is 7.89. The molecule has 3 rings (SSSR count). The molecule has 3 aromatic rings. The van der Waals surface area contributed by atoms with E-state index < -0.39 is 28.5 Å². The molecule has 0 radical (unpaired) electrons. The molecule has 0 spiro atoms. The van der Waals surface area contributed by atoms with Crippen LogP contribution in [-0.2, 0) is 19.6 Å². The van der Waals surface area contributed by atoms with Crippen LogP contribution in [0, 0.1) is 0 Å². The van der Waals surface area contributed by atoms with Crippen LogP contribution in [0.5, 0.6) is 17.2 Å². The maximum absolute atomic E-state index is 12.6. The summed E-state index contributed by atoms with van der Waals surface area (Å²) in [5, 5.41) is 2.62. The first-order valence-electron chi connectivity index (χ1n) is 10.7. The van der Waals surface area contributed by atoms with Crippen LogP contribution in [0.25, 0.3) is 0 Å². The first-order chi connectivity index (χ1) is 16.7. The fraction of sp³-hybridized carbons (Fsp3) is 0.200. The van der Waals surface area contributed by atoms with Crippen LogP contribution >= 0.6 is 0 Å². The van der Waals surface area contributed by atoms with Crippen molar-refractivity contribution in [2.45, 2.75) is 24.8 Å². The Labute approximate surface area is 204 Å². The second kappa shape index (κ2) is 11.5. The van der Waals surface area contributed by atoms with E-state index in [9.17, 15) is 18.0 Å². The molecule has 0 heterocycles. The smallest absolute Gasteiger partial charge is 0.338 e. The zero-order valence-electron chi connectivity index (χ0n) is 19.5.